The molecule has 4 atom stereocenters. The van der Waals surface area contributed by atoms with Gasteiger partial charge in [-0.1, -0.05) is 19.4 Å². The monoisotopic (exact) mass is 230 g/mol. The van der Waals surface area contributed by atoms with Crippen molar-refractivity contribution in [2.75, 3.05) is 0 Å². The van der Waals surface area contributed by atoms with E-state index in [-0.39, 0.29) is 5.84 Å². The second kappa shape index (κ2) is 4.56. The molecule has 2 fully saturated rings. The van der Waals surface area contributed by atoms with Gasteiger partial charge in [0.25, 0.3) is 0 Å². The van der Waals surface area contributed by atoms with Gasteiger partial charge in [0.1, 0.15) is 5.84 Å². The van der Waals surface area contributed by atoms with Crippen LogP contribution in [0.2, 0.25) is 0 Å². The summed E-state index contributed by atoms with van der Waals surface area (Å²) < 4.78 is 0. The highest BCUT2D eigenvalue weighted by Crippen LogP contribution is 2.55. The van der Waals surface area contributed by atoms with Crippen molar-refractivity contribution in [3.63, 3.8) is 0 Å². The molecule has 2 aliphatic rings. The van der Waals surface area contributed by atoms with Gasteiger partial charge in [-0.2, -0.15) is 0 Å². The molecular weight excluding hydrogens is 208 g/mol. The van der Waals surface area contributed by atoms with Crippen LogP contribution in [0.5, 0.6) is 0 Å². The Labute approximate surface area is 104 Å². The summed E-state index contributed by atoms with van der Waals surface area (Å²) in [4.78, 5) is 0. The molecule has 2 aliphatic carbocycles. The Balaban J connectivity index is 2.31. The minimum absolute atomic E-state index is 0.159. The van der Waals surface area contributed by atoms with Crippen molar-refractivity contribution < 1.29 is 0 Å². The minimum Gasteiger partial charge on any atom is -0.384 e. The lowest BCUT2D eigenvalue weighted by molar-refractivity contribution is 0.298. The highest BCUT2D eigenvalue weighted by atomic mass is 14.7. The van der Waals surface area contributed by atoms with Crippen LogP contribution in [-0.4, -0.2) is 5.84 Å². The van der Waals surface area contributed by atoms with E-state index in [4.69, 9.17) is 17.6 Å². The summed E-state index contributed by atoms with van der Waals surface area (Å²) in [5.41, 5.74) is 6.84. The van der Waals surface area contributed by atoms with E-state index >= 15 is 0 Å². The third-order valence-electron chi connectivity index (χ3n) is 4.48. The van der Waals surface area contributed by atoms with Gasteiger partial charge in [0, 0.05) is 5.92 Å². The number of nitrogens with two attached hydrogens (primary N) is 1. The standard InChI is InChI=1S/C15H22N2/c1-4-12-10-5-6-11(7-10)15(12)13(9(2)3)8-14(16)17/h1,8-12,15H,5-7H2,2-3H3,(H3,16,17)/b13-8+. The lowest BCUT2D eigenvalue weighted by atomic mass is 9.72. The van der Waals surface area contributed by atoms with Gasteiger partial charge in [-0.25, -0.2) is 0 Å². The fraction of sp³-hybridized carbons (Fsp3) is 0.667. The van der Waals surface area contributed by atoms with Crippen LogP contribution in [0.25, 0.3) is 0 Å². The average molecular weight is 230 g/mol. The molecule has 0 saturated heterocycles. The van der Waals surface area contributed by atoms with Crippen LogP contribution >= 0.6 is 0 Å². The molecule has 17 heavy (non-hydrogen) atoms. The Kier molecular flexibility index (Phi) is 3.28. The Morgan fingerprint density at radius 1 is 1.41 bits per heavy atom. The van der Waals surface area contributed by atoms with Crippen molar-refractivity contribution >= 4 is 5.84 Å². The van der Waals surface area contributed by atoms with Crippen LogP contribution in [0.15, 0.2) is 11.6 Å². The van der Waals surface area contributed by atoms with Gasteiger partial charge in [0.05, 0.1) is 0 Å². The highest BCUT2D eigenvalue weighted by molar-refractivity contribution is 5.89. The summed E-state index contributed by atoms with van der Waals surface area (Å²) in [6, 6.07) is 0. The predicted molar refractivity (Wildman–Crippen MR) is 71.5 cm³/mol. The molecular formula is C15H22N2. The zero-order chi connectivity index (χ0) is 12.6. The van der Waals surface area contributed by atoms with Crippen molar-refractivity contribution in [2.45, 2.75) is 33.1 Å². The first kappa shape index (κ1) is 12.2. The van der Waals surface area contributed by atoms with E-state index in [1.54, 1.807) is 0 Å². The lowest BCUT2D eigenvalue weighted by Crippen LogP contribution is -2.26. The Morgan fingerprint density at radius 2 is 2.06 bits per heavy atom. The first-order valence-electron chi connectivity index (χ1n) is 6.56. The van der Waals surface area contributed by atoms with Gasteiger partial charge in [-0.05, 0) is 49.0 Å². The maximum absolute atomic E-state index is 7.49. The van der Waals surface area contributed by atoms with E-state index < -0.39 is 0 Å². The Bertz CT molecular complexity index is 386. The van der Waals surface area contributed by atoms with E-state index in [0.29, 0.717) is 23.7 Å². The van der Waals surface area contributed by atoms with E-state index in [1.807, 2.05) is 6.08 Å². The Hall–Kier alpha value is -1.23. The molecule has 2 bridgehead atoms. The summed E-state index contributed by atoms with van der Waals surface area (Å²) >= 11 is 0. The van der Waals surface area contributed by atoms with Gasteiger partial charge >= 0.3 is 0 Å². The molecule has 0 radical (unpaired) electrons. The summed E-state index contributed by atoms with van der Waals surface area (Å²) in [7, 11) is 0. The number of fused-ring (bicyclic) bond motifs is 2. The minimum atomic E-state index is 0.159. The smallest absolute Gasteiger partial charge is 0.115 e. The fourth-order valence-electron chi connectivity index (χ4n) is 3.84. The van der Waals surface area contributed by atoms with Crippen LogP contribution < -0.4 is 5.73 Å². The van der Waals surface area contributed by atoms with Crippen LogP contribution in [0, 0.1) is 47.3 Å². The highest BCUT2D eigenvalue weighted by Gasteiger charge is 2.48. The number of terminal acetylenes is 1. The fourth-order valence-corrected chi connectivity index (χ4v) is 3.84. The predicted octanol–water partition coefficient (Wildman–Crippen LogP) is 2.80. The first-order chi connectivity index (χ1) is 8.04. The van der Waals surface area contributed by atoms with Gasteiger partial charge in [-0.3, -0.25) is 5.41 Å². The maximum atomic E-state index is 7.49. The summed E-state index contributed by atoms with van der Waals surface area (Å²) in [5.74, 6) is 5.89. The molecule has 0 aliphatic heterocycles. The number of hydrogen-bond acceptors (Lipinski definition) is 1. The number of rotatable bonds is 3. The van der Waals surface area contributed by atoms with Gasteiger partial charge < -0.3 is 5.73 Å². The summed E-state index contributed by atoms with van der Waals surface area (Å²) in [6.45, 7) is 4.35. The molecule has 0 aromatic heterocycles. The number of nitrogens with one attached hydrogen (secondary N) is 1. The molecule has 0 spiro atoms. The van der Waals surface area contributed by atoms with E-state index in [2.05, 4.69) is 19.8 Å². The summed E-state index contributed by atoms with van der Waals surface area (Å²) in [5, 5.41) is 7.49. The first-order valence-corrected chi connectivity index (χ1v) is 6.56. The van der Waals surface area contributed by atoms with Crippen molar-refractivity contribution in [3.8, 4) is 12.3 Å². The third kappa shape index (κ3) is 2.11. The van der Waals surface area contributed by atoms with E-state index in [1.165, 1.54) is 24.8 Å². The quantitative estimate of drug-likeness (QED) is 0.437. The number of amidine groups is 1. The second-order valence-corrected chi connectivity index (χ2v) is 5.81. The third-order valence-corrected chi connectivity index (χ3v) is 4.48. The maximum Gasteiger partial charge on any atom is 0.115 e. The summed E-state index contributed by atoms with van der Waals surface area (Å²) in [6.07, 6.45) is 11.4. The zero-order valence-electron chi connectivity index (χ0n) is 10.7. The molecule has 2 rings (SSSR count). The van der Waals surface area contributed by atoms with Gasteiger partial charge in [0.15, 0.2) is 0 Å². The van der Waals surface area contributed by atoms with Crippen molar-refractivity contribution in [1.82, 2.24) is 0 Å². The molecule has 0 aromatic rings. The van der Waals surface area contributed by atoms with E-state index in [0.717, 1.165) is 5.92 Å². The second-order valence-electron chi connectivity index (χ2n) is 5.81. The molecule has 92 valence electrons. The van der Waals surface area contributed by atoms with E-state index in [9.17, 15) is 0 Å². The number of allylic oxidation sites excluding steroid dienone is 1. The molecule has 0 aromatic carbocycles. The van der Waals surface area contributed by atoms with Gasteiger partial charge in [0.2, 0.25) is 0 Å². The molecule has 2 nitrogen and oxygen atoms in total. The molecule has 4 unspecified atom stereocenters. The normalized spacial score (nSPS) is 36.2. The molecule has 0 heterocycles. The average Bonchev–Trinajstić information content (AvgIpc) is 2.84. The Morgan fingerprint density at radius 3 is 2.59 bits per heavy atom. The topological polar surface area (TPSA) is 49.9 Å². The van der Waals surface area contributed by atoms with Crippen LogP contribution in [0.3, 0.4) is 0 Å². The SMILES string of the molecule is C#CC1C2CCC(C2)C1/C(=C/C(=N)N)C(C)C. The largest absolute Gasteiger partial charge is 0.384 e. The molecule has 2 saturated carbocycles. The molecule has 3 N–H and O–H groups in total. The lowest BCUT2D eigenvalue weighted by Gasteiger charge is -2.31. The van der Waals surface area contributed by atoms with Crippen molar-refractivity contribution in [3.05, 3.63) is 11.6 Å². The molecule has 2 heteroatoms. The number of hydrogen-bond donors (Lipinski definition) is 2. The van der Waals surface area contributed by atoms with Crippen molar-refractivity contribution in [1.29, 1.82) is 5.41 Å². The van der Waals surface area contributed by atoms with Crippen LogP contribution in [0.1, 0.15) is 33.1 Å². The zero-order valence-corrected chi connectivity index (χ0v) is 10.7. The van der Waals surface area contributed by atoms with Crippen LogP contribution in [-0.2, 0) is 0 Å². The van der Waals surface area contributed by atoms with Gasteiger partial charge in [-0.15, -0.1) is 12.3 Å². The molecule has 0 amide bonds. The van der Waals surface area contributed by atoms with Crippen LogP contribution in [0.4, 0.5) is 0 Å². The van der Waals surface area contributed by atoms with Crippen molar-refractivity contribution in [2.24, 2.45) is 35.3 Å².